The highest BCUT2D eigenvalue weighted by molar-refractivity contribution is 5.52. The lowest BCUT2D eigenvalue weighted by Gasteiger charge is -2.32. The first-order valence-corrected chi connectivity index (χ1v) is 6.69. The molecule has 1 aliphatic rings. The number of rotatable bonds is 3. The third-order valence-electron chi connectivity index (χ3n) is 3.64. The van der Waals surface area contributed by atoms with Crippen LogP contribution in [0.25, 0.3) is 11.4 Å². The molecule has 100 valence electrons. The van der Waals surface area contributed by atoms with Crippen molar-refractivity contribution in [3.8, 4) is 11.4 Å². The molecule has 0 bridgehead atoms. The van der Waals surface area contributed by atoms with E-state index in [-0.39, 0.29) is 0 Å². The molecule has 1 saturated heterocycles. The first-order valence-electron chi connectivity index (χ1n) is 6.69. The number of hydrogen-bond donors (Lipinski definition) is 2. The summed E-state index contributed by atoms with van der Waals surface area (Å²) >= 11 is 0. The van der Waals surface area contributed by atoms with Crippen molar-refractivity contribution in [3.63, 3.8) is 0 Å². The number of likely N-dealkylation sites (N-methyl/N-ethyl adjacent to an activating group) is 1. The van der Waals surface area contributed by atoms with Gasteiger partial charge in [0.1, 0.15) is 5.82 Å². The van der Waals surface area contributed by atoms with Gasteiger partial charge in [-0.25, -0.2) is 4.98 Å². The predicted molar refractivity (Wildman–Crippen MR) is 74.8 cm³/mol. The van der Waals surface area contributed by atoms with Gasteiger partial charge >= 0.3 is 0 Å². The molecule has 0 radical (unpaired) electrons. The largest absolute Gasteiger partial charge is 0.341 e. The van der Waals surface area contributed by atoms with E-state index in [9.17, 15) is 0 Å². The zero-order chi connectivity index (χ0) is 13.1. The second kappa shape index (κ2) is 5.50. The number of nitrogens with zero attached hydrogens (tertiary/aromatic N) is 3. The first-order chi connectivity index (χ1) is 9.33. The van der Waals surface area contributed by atoms with Gasteiger partial charge in [0.25, 0.3) is 0 Å². The van der Waals surface area contributed by atoms with Crippen molar-refractivity contribution in [2.45, 2.75) is 12.5 Å². The first kappa shape index (κ1) is 12.3. The van der Waals surface area contributed by atoms with Crippen LogP contribution >= 0.6 is 0 Å². The Morgan fingerprint density at radius 2 is 2.32 bits per heavy atom. The Balaban J connectivity index is 1.71. The van der Waals surface area contributed by atoms with Crippen molar-refractivity contribution < 1.29 is 0 Å². The molecular weight excluding hydrogens is 238 g/mol. The topological polar surface area (TPSA) is 56.8 Å². The summed E-state index contributed by atoms with van der Waals surface area (Å²) in [7, 11) is 2.17. The van der Waals surface area contributed by atoms with E-state index in [2.05, 4.69) is 32.2 Å². The monoisotopic (exact) mass is 257 g/mol. The standard InChI is InChI=1S/C14H19N5/c1-19-7-6-15-9-11(19)8-14-17-10-13(18-14)12-4-2-3-5-16-12/h2-5,10-11,15H,6-9H2,1H3,(H,17,18). The van der Waals surface area contributed by atoms with E-state index >= 15 is 0 Å². The molecule has 3 rings (SSSR count). The highest BCUT2D eigenvalue weighted by atomic mass is 15.2. The minimum Gasteiger partial charge on any atom is -0.341 e. The molecular formula is C14H19N5. The second-order valence-electron chi connectivity index (χ2n) is 5.00. The van der Waals surface area contributed by atoms with Gasteiger partial charge in [-0.1, -0.05) is 6.07 Å². The molecule has 3 heterocycles. The minimum atomic E-state index is 0.511. The van der Waals surface area contributed by atoms with E-state index in [1.807, 2.05) is 24.4 Å². The fourth-order valence-corrected chi connectivity index (χ4v) is 2.43. The fraction of sp³-hybridized carbons (Fsp3) is 0.429. The zero-order valence-corrected chi connectivity index (χ0v) is 11.1. The summed E-state index contributed by atoms with van der Waals surface area (Å²) < 4.78 is 0. The maximum atomic E-state index is 4.47. The Hall–Kier alpha value is -1.72. The molecule has 0 amide bonds. The number of pyridine rings is 1. The highest BCUT2D eigenvalue weighted by Gasteiger charge is 2.20. The van der Waals surface area contributed by atoms with Crippen molar-refractivity contribution in [2.75, 3.05) is 26.7 Å². The lowest BCUT2D eigenvalue weighted by Crippen LogP contribution is -2.50. The number of hydrogen-bond acceptors (Lipinski definition) is 4. The van der Waals surface area contributed by atoms with Crippen LogP contribution in [0.15, 0.2) is 30.6 Å². The molecule has 2 N–H and O–H groups in total. The van der Waals surface area contributed by atoms with Crippen molar-refractivity contribution in [2.24, 2.45) is 0 Å². The third-order valence-corrected chi connectivity index (χ3v) is 3.64. The summed E-state index contributed by atoms with van der Waals surface area (Å²) in [4.78, 5) is 14.6. The van der Waals surface area contributed by atoms with E-state index in [0.717, 1.165) is 43.3 Å². The lowest BCUT2D eigenvalue weighted by atomic mass is 10.1. The molecule has 1 aliphatic heterocycles. The number of H-pyrrole nitrogens is 1. The Labute approximate surface area is 113 Å². The molecule has 19 heavy (non-hydrogen) atoms. The fourth-order valence-electron chi connectivity index (χ4n) is 2.43. The van der Waals surface area contributed by atoms with Crippen LogP contribution in [0.5, 0.6) is 0 Å². The summed E-state index contributed by atoms with van der Waals surface area (Å²) in [5, 5.41) is 3.43. The zero-order valence-electron chi connectivity index (χ0n) is 11.1. The van der Waals surface area contributed by atoms with Crippen molar-refractivity contribution in [1.82, 2.24) is 25.2 Å². The van der Waals surface area contributed by atoms with Gasteiger partial charge in [-0.15, -0.1) is 0 Å². The van der Waals surface area contributed by atoms with Crippen LogP contribution in [0, 0.1) is 0 Å². The van der Waals surface area contributed by atoms with E-state index < -0.39 is 0 Å². The summed E-state index contributed by atoms with van der Waals surface area (Å²) in [5.74, 6) is 1.03. The van der Waals surface area contributed by atoms with Crippen LogP contribution in [0.1, 0.15) is 5.82 Å². The summed E-state index contributed by atoms with van der Waals surface area (Å²) in [6.45, 7) is 3.19. The van der Waals surface area contributed by atoms with Gasteiger partial charge in [-0.2, -0.15) is 0 Å². The smallest absolute Gasteiger partial charge is 0.108 e. The molecule has 1 atom stereocenters. The third kappa shape index (κ3) is 2.83. The van der Waals surface area contributed by atoms with E-state index in [0.29, 0.717) is 6.04 Å². The molecule has 1 fully saturated rings. The Kier molecular flexibility index (Phi) is 3.57. The molecule has 0 spiro atoms. The Morgan fingerprint density at radius 3 is 3.11 bits per heavy atom. The molecule has 5 heteroatoms. The van der Waals surface area contributed by atoms with Gasteiger partial charge in [0.05, 0.1) is 17.6 Å². The molecule has 5 nitrogen and oxygen atoms in total. The molecule has 0 aromatic carbocycles. The van der Waals surface area contributed by atoms with Crippen molar-refractivity contribution >= 4 is 0 Å². The Morgan fingerprint density at radius 1 is 1.37 bits per heavy atom. The average Bonchev–Trinajstić information content (AvgIpc) is 2.91. The lowest BCUT2D eigenvalue weighted by molar-refractivity contribution is 0.197. The molecule has 2 aromatic rings. The van der Waals surface area contributed by atoms with Crippen molar-refractivity contribution in [3.05, 3.63) is 36.4 Å². The van der Waals surface area contributed by atoms with E-state index in [1.165, 1.54) is 0 Å². The van der Waals surface area contributed by atoms with Crippen LogP contribution in [0.4, 0.5) is 0 Å². The van der Waals surface area contributed by atoms with Gasteiger partial charge in [0.15, 0.2) is 0 Å². The number of piperazine rings is 1. The highest BCUT2D eigenvalue weighted by Crippen LogP contribution is 2.15. The van der Waals surface area contributed by atoms with Crippen LogP contribution in [0.2, 0.25) is 0 Å². The van der Waals surface area contributed by atoms with Gasteiger partial charge in [0, 0.05) is 38.3 Å². The predicted octanol–water partition coefficient (Wildman–Crippen LogP) is 0.918. The van der Waals surface area contributed by atoms with Crippen LogP contribution in [-0.2, 0) is 6.42 Å². The van der Waals surface area contributed by atoms with Gasteiger partial charge in [0.2, 0.25) is 0 Å². The maximum absolute atomic E-state index is 4.47. The normalized spacial score (nSPS) is 20.6. The molecule has 0 aliphatic carbocycles. The summed E-state index contributed by atoms with van der Waals surface area (Å²) in [6, 6.07) is 6.41. The number of imidazole rings is 1. The van der Waals surface area contributed by atoms with Gasteiger partial charge < -0.3 is 15.2 Å². The second-order valence-corrected chi connectivity index (χ2v) is 5.00. The van der Waals surface area contributed by atoms with E-state index in [1.54, 1.807) is 6.20 Å². The molecule has 2 aromatic heterocycles. The van der Waals surface area contributed by atoms with Gasteiger partial charge in [-0.05, 0) is 19.2 Å². The summed E-state index contributed by atoms with van der Waals surface area (Å²) in [6.07, 6.45) is 4.61. The van der Waals surface area contributed by atoms with Gasteiger partial charge in [-0.3, -0.25) is 4.98 Å². The van der Waals surface area contributed by atoms with E-state index in [4.69, 9.17) is 0 Å². The van der Waals surface area contributed by atoms with Crippen LogP contribution < -0.4 is 5.32 Å². The van der Waals surface area contributed by atoms with Crippen LogP contribution in [0.3, 0.4) is 0 Å². The Bertz CT molecular complexity index is 522. The quantitative estimate of drug-likeness (QED) is 0.858. The number of nitrogens with one attached hydrogen (secondary N) is 2. The molecule has 0 saturated carbocycles. The SMILES string of the molecule is CN1CCNCC1Cc1ncc(-c2ccccn2)[nH]1. The van der Waals surface area contributed by atoms with Crippen LogP contribution in [-0.4, -0.2) is 52.6 Å². The number of aromatic nitrogens is 3. The number of aromatic amines is 1. The van der Waals surface area contributed by atoms with Crippen molar-refractivity contribution in [1.29, 1.82) is 0 Å². The minimum absolute atomic E-state index is 0.511. The summed E-state index contributed by atoms with van der Waals surface area (Å²) in [5.41, 5.74) is 1.93. The average molecular weight is 257 g/mol. The molecule has 1 unspecified atom stereocenters. The maximum Gasteiger partial charge on any atom is 0.108 e.